The number of ether oxygens (including phenoxy) is 1. The zero-order valence-corrected chi connectivity index (χ0v) is 12.3. The van der Waals surface area contributed by atoms with Crippen molar-refractivity contribution in [2.75, 3.05) is 6.61 Å². The molecule has 0 rings (SSSR count). The molecule has 0 N–H and O–H groups in total. The Morgan fingerprint density at radius 3 is 2.30 bits per heavy atom. The topological polar surface area (TPSA) is 26.3 Å². The van der Waals surface area contributed by atoms with Crippen LogP contribution in [-0.4, -0.2) is 12.6 Å². The van der Waals surface area contributed by atoms with Crippen LogP contribution in [0.3, 0.4) is 0 Å². The van der Waals surface area contributed by atoms with Gasteiger partial charge in [-0.15, -0.1) is 0 Å². The van der Waals surface area contributed by atoms with Crippen molar-refractivity contribution in [3.63, 3.8) is 0 Å². The maximum Gasteiger partial charge on any atom is 0.366 e. The molecule has 0 fully saturated rings. The van der Waals surface area contributed by atoms with E-state index in [4.69, 9.17) is 0 Å². The Morgan fingerprint density at radius 2 is 1.65 bits per heavy atom. The minimum absolute atomic E-state index is 0.196. The van der Waals surface area contributed by atoms with E-state index in [2.05, 4.69) is 48.6 Å². The van der Waals surface area contributed by atoms with Crippen LogP contribution in [-0.2, 0) is 9.53 Å². The Labute approximate surface area is 121 Å². The molecule has 0 amide bonds. The lowest BCUT2D eigenvalue weighted by atomic mass is 10.2. The molecule has 112 valence electrons. The lowest BCUT2D eigenvalue weighted by Crippen LogP contribution is -2.04. The van der Waals surface area contributed by atoms with Crippen molar-refractivity contribution in [2.24, 2.45) is 0 Å². The summed E-state index contributed by atoms with van der Waals surface area (Å²) in [5.74, 6) is -2.02. The van der Waals surface area contributed by atoms with Gasteiger partial charge in [-0.05, 0) is 38.5 Å². The average Bonchev–Trinajstić information content (AvgIpc) is 2.43. The van der Waals surface area contributed by atoms with Crippen molar-refractivity contribution in [1.29, 1.82) is 0 Å². The normalized spacial score (nSPS) is 11.7. The molecule has 0 aliphatic carbocycles. The largest absolute Gasteiger partial charge is 0.460 e. The van der Waals surface area contributed by atoms with Crippen LogP contribution in [0.25, 0.3) is 0 Å². The molecule has 0 aromatic rings. The highest BCUT2D eigenvalue weighted by atomic mass is 19.1. The number of carbonyl (C=O) groups excluding carboxylic acids is 1. The van der Waals surface area contributed by atoms with Crippen molar-refractivity contribution >= 4 is 5.97 Å². The number of carbonyl (C=O) groups is 1. The Morgan fingerprint density at radius 1 is 1.05 bits per heavy atom. The van der Waals surface area contributed by atoms with Gasteiger partial charge in [0.25, 0.3) is 0 Å². The summed E-state index contributed by atoms with van der Waals surface area (Å²) in [5, 5.41) is 0. The molecule has 0 saturated carbocycles. The van der Waals surface area contributed by atoms with Gasteiger partial charge in [-0.3, -0.25) is 0 Å². The SMILES string of the molecule is C=C(F)C(=O)OCCC=CCCCC=CC/C=C\CC. The Hall–Kier alpha value is -1.64. The van der Waals surface area contributed by atoms with Crippen molar-refractivity contribution in [2.45, 2.75) is 45.4 Å². The van der Waals surface area contributed by atoms with Crippen molar-refractivity contribution in [3.05, 3.63) is 48.9 Å². The number of allylic oxidation sites excluding steroid dienone is 5. The van der Waals surface area contributed by atoms with Crippen LogP contribution in [0, 0.1) is 0 Å². The molecule has 0 heterocycles. The van der Waals surface area contributed by atoms with Gasteiger partial charge in [0.1, 0.15) is 0 Å². The molecular weight excluding hydrogens is 255 g/mol. The van der Waals surface area contributed by atoms with Crippen LogP contribution in [0.5, 0.6) is 0 Å². The number of hydrogen-bond acceptors (Lipinski definition) is 2. The van der Waals surface area contributed by atoms with E-state index in [-0.39, 0.29) is 6.61 Å². The Kier molecular flexibility index (Phi) is 12.7. The Balaban J connectivity index is 3.38. The second kappa shape index (κ2) is 13.8. The molecule has 0 radical (unpaired) electrons. The molecule has 0 atom stereocenters. The van der Waals surface area contributed by atoms with Gasteiger partial charge in [0, 0.05) is 0 Å². The summed E-state index contributed by atoms with van der Waals surface area (Å²) in [5.41, 5.74) is 0. The van der Waals surface area contributed by atoms with E-state index >= 15 is 0 Å². The highest BCUT2D eigenvalue weighted by molar-refractivity contribution is 5.85. The van der Waals surface area contributed by atoms with Crippen LogP contribution < -0.4 is 0 Å². The van der Waals surface area contributed by atoms with Crippen LogP contribution in [0.15, 0.2) is 48.9 Å². The molecule has 0 spiro atoms. The molecule has 20 heavy (non-hydrogen) atoms. The van der Waals surface area contributed by atoms with Gasteiger partial charge < -0.3 is 4.74 Å². The third-order valence-electron chi connectivity index (χ3n) is 2.49. The van der Waals surface area contributed by atoms with Crippen LogP contribution in [0.2, 0.25) is 0 Å². The monoisotopic (exact) mass is 280 g/mol. The summed E-state index contributed by atoms with van der Waals surface area (Å²) in [6.07, 6.45) is 18.6. The van der Waals surface area contributed by atoms with Gasteiger partial charge in [0.15, 0.2) is 0 Å². The molecular formula is C17H25FO2. The third kappa shape index (κ3) is 12.8. The highest BCUT2D eigenvalue weighted by Gasteiger charge is 2.04. The van der Waals surface area contributed by atoms with E-state index in [1.165, 1.54) is 0 Å². The van der Waals surface area contributed by atoms with Crippen LogP contribution in [0.4, 0.5) is 4.39 Å². The van der Waals surface area contributed by atoms with Gasteiger partial charge in [0.2, 0.25) is 5.83 Å². The van der Waals surface area contributed by atoms with Crippen molar-refractivity contribution in [3.8, 4) is 0 Å². The van der Waals surface area contributed by atoms with Gasteiger partial charge in [0.05, 0.1) is 6.61 Å². The first kappa shape index (κ1) is 18.4. The standard InChI is InChI=1S/C17H25FO2/c1-3-4-5-6-7-8-9-10-11-12-13-14-15-20-17(19)16(2)18/h4-5,7-8,12-13H,2-3,6,9-11,14-15H2,1H3/b5-4-,8-7?,13-12?. The quantitative estimate of drug-likeness (QED) is 0.229. The molecule has 0 aromatic heterocycles. The van der Waals surface area contributed by atoms with E-state index in [9.17, 15) is 9.18 Å². The Bertz CT molecular complexity index is 354. The van der Waals surface area contributed by atoms with Gasteiger partial charge >= 0.3 is 5.97 Å². The molecule has 0 saturated heterocycles. The molecule has 0 aromatic carbocycles. The summed E-state index contributed by atoms with van der Waals surface area (Å²) in [7, 11) is 0. The number of hydrogen-bond donors (Lipinski definition) is 0. The molecule has 3 heteroatoms. The number of halogens is 1. The maximum absolute atomic E-state index is 12.2. The molecule has 0 unspecified atom stereocenters. The van der Waals surface area contributed by atoms with E-state index in [1.54, 1.807) is 0 Å². The number of unbranched alkanes of at least 4 members (excludes halogenated alkanes) is 2. The fraction of sp³-hybridized carbons (Fsp3) is 0.471. The predicted octanol–water partition coefficient (Wildman–Crippen LogP) is 5.04. The summed E-state index contributed by atoms with van der Waals surface area (Å²) >= 11 is 0. The van der Waals surface area contributed by atoms with E-state index < -0.39 is 11.8 Å². The summed E-state index contributed by atoms with van der Waals surface area (Å²) < 4.78 is 16.9. The lowest BCUT2D eigenvalue weighted by Gasteiger charge is -1.98. The zero-order chi connectivity index (χ0) is 15.1. The second-order valence-electron chi connectivity index (χ2n) is 4.32. The fourth-order valence-electron chi connectivity index (χ4n) is 1.44. The number of rotatable bonds is 11. The lowest BCUT2D eigenvalue weighted by molar-refractivity contribution is -0.140. The minimum atomic E-state index is -1.05. The zero-order valence-electron chi connectivity index (χ0n) is 12.3. The van der Waals surface area contributed by atoms with Gasteiger partial charge in [-0.1, -0.05) is 50.0 Å². The average molecular weight is 280 g/mol. The third-order valence-corrected chi connectivity index (χ3v) is 2.49. The van der Waals surface area contributed by atoms with Gasteiger partial charge in [-0.25, -0.2) is 4.79 Å². The molecule has 0 bridgehead atoms. The van der Waals surface area contributed by atoms with E-state index in [1.807, 2.05) is 6.08 Å². The van der Waals surface area contributed by atoms with E-state index in [0.717, 1.165) is 32.1 Å². The molecule has 2 nitrogen and oxygen atoms in total. The van der Waals surface area contributed by atoms with E-state index in [0.29, 0.717) is 6.42 Å². The first-order valence-corrected chi connectivity index (χ1v) is 7.15. The van der Waals surface area contributed by atoms with Crippen molar-refractivity contribution in [1.82, 2.24) is 0 Å². The van der Waals surface area contributed by atoms with Gasteiger partial charge in [-0.2, -0.15) is 4.39 Å². The highest BCUT2D eigenvalue weighted by Crippen LogP contribution is 2.01. The summed E-state index contributed by atoms with van der Waals surface area (Å²) in [4.78, 5) is 10.7. The minimum Gasteiger partial charge on any atom is -0.460 e. The summed E-state index contributed by atoms with van der Waals surface area (Å²) in [6.45, 7) is 5.19. The smallest absolute Gasteiger partial charge is 0.366 e. The number of esters is 1. The van der Waals surface area contributed by atoms with Crippen LogP contribution >= 0.6 is 0 Å². The second-order valence-corrected chi connectivity index (χ2v) is 4.32. The predicted molar refractivity (Wildman–Crippen MR) is 82.0 cm³/mol. The maximum atomic E-state index is 12.2. The first-order chi connectivity index (χ1) is 9.68. The van der Waals surface area contributed by atoms with Crippen LogP contribution in [0.1, 0.15) is 45.4 Å². The summed E-state index contributed by atoms with van der Waals surface area (Å²) in [6, 6.07) is 0. The first-order valence-electron chi connectivity index (χ1n) is 7.15. The fourth-order valence-corrected chi connectivity index (χ4v) is 1.44. The van der Waals surface area contributed by atoms with Crippen molar-refractivity contribution < 1.29 is 13.9 Å². The molecule has 0 aliphatic rings. The molecule has 0 aliphatic heterocycles.